The van der Waals surface area contributed by atoms with Gasteiger partial charge in [-0.05, 0) is 46.5 Å². The summed E-state index contributed by atoms with van der Waals surface area (Å²) in [6.07, 6.45) is 0. The largest absolute Gasteiger partial charge is 0.489 e. The highest BCUT2D eigenvalue weighted by atomic mass is 16.5. The molecule has 0 fully saturated rings. The SMILES string of the molecule is O=C(NCc1ccccc1)c1ccccc1OCc1cc(OCc2ccccc2)cc(OCc2ccccc2)c1. The van der Waals surface area contributed by atoms with Gasteiger partial charge in [0, 0.05) is 12.6 Å². The summed E-state index contributed by atoms with van der Waals surface area (Å²) in [5.74, 6) is 1.69. The van der Waals surface area contributed by atoms with Crippen LogP contribution < -0.4 is 19.5 Å². The van der Waals surface area contributed by atoms with Crippen LogP contribution in [0.25, 0.3) is 0 Å². The normalized spacial score (nSPS) is 10.5. The zero-order valence-electron chi connectivity index (χ0n) is 22.2. The van der Waals surface area contributed by atoms with Gasteiger partial charge in [0.25, 0.3) is 5.91 Å². The van der Waals surface area contributed by atoms with Crippen molar-refractivity contribution in [1.82, 2.24) is 5.32 Å². The van der Waals surface area contributed by atoms with E-state index in [0.29, 0.717) is 42.6 Å². The van der Waals surface area contributed by atoms with E-state index < -0.39 is 0 Å². The third-order valence-electron chi connectivity index (χ3n) is 6.26. The van der Waals surface area contributed by atoms with Crippen LogP contribution in [0.5, 0.6) is 17.2 Å². The summed E-state index contributed by atoms with van der Waals surface area (Å²) in [7, 11) is 0. The van der Waals surface area contributed by atoms with Crippen molar-refractivity contribution in [2.75, 3.05) is 0 Å². The van der Waals surface area contributed by atoms with Gasteiger partial charge < -0.3 is 19.5 Å². The van der Waals surface area contributed by atoms with Gasteiger partial charge in [-0.15, -0.1) is 0 Å². The number of hydrogen-bond acceptors (Lipinski definition) is 4. The molecule has 0 aliphatic carbocycles. The van der Waals surface area contributed by atoms with Crippen molar-refractivity contribution in [3.63, 3.8) is 0 Å². The summed E-state index contributed by atoms with van der Waals surface area (Å²) in [6, 6.07) is 42.9. The number of amides is 1. The van der Waals surface area contributed by atoms with E-state index in [1.807, 2.05) is 121 Å². The predicted molar refractivity (Wildman–Crippen MR) is 156 cm³/mol. The van der Waals surface area contributed by atoms with Crippen molar-refractivity contribution in [3.05, 3.63) is 161 Å². The van der Waals surface area contributed by atoms with Gasteiger partial charge in [0.15, 0.2) is 0 Å². The van der Waals surface area contributed by atoms with Crippen LogP contribution in [0.4, 0.5) is 0 Å². The first-order chi connectivity index (χ1) is 19.7. The fourth-order valence-electron chi connectivity index (χ4n) is 4.18. The molecule has 0 atom stereocenters. The first-order valence-electron chi connectivity index (χ1n) is 13.2. The van der Waals surface area contributed by atoms with E-state index in [0.717, 1.165) is 22.3 Å². The highest BCUT2D eigenvalue weighted by Crippen LogP contribution is 2.27. The molecule has 5 heteroatoms. The van der Waals surface area contributed by atoms with E-state index in [1.165, 1.54) is 0 Å². The molecule has 0 saturated heterocycles. The Morgan fingerprint density at radius 3 is 1.55 bits per heavy atom. The van der Waals surface area contributed by atoms with Gasteiger partial charge in [-0.3, -0.25) is 4.79 Å². The molecule has 0 aromatic heterocycles. The number of hydrogen-bond donors (Lipinski definition) is 1. The van der Waals surface area contributed by atoms with Crippen LogP contribution >= 0.6 is 0 Å². The number of para-hydroxylation sites is 1. The zero-order chi connectivity index (χ0) is 27.4. The fourth-order valence-corrected chi connectivity index (χ4v) is 4.18. The Morgan fingerprint density at radius 2 is 0.975 bits per heavy atom. The van der Waals surface area contributed by atoms with Gasteiger partial charge in [-0.25, -0.2) is 0 Å². The molecule has 0 aliphatic rings. The molecule has 5 aromatic rings. The zero-order valence-corrected chi connectivity index (χ0v) is 22.2. The van der Waals surface area contributed by atoms with Crippen LogP contribution in [0.2, 0.25) is 0 Å². The monoisotopic (exact) mass is 529 g/mol. The van der Waals surface area contributed by atoms with E-state index in [1.54, 1.807) is 12.1 Å². The summed E-state index contributed by atoms with van der Waals surface area (Å²) in [5, 5.41) is 2.98. The van der Waals surface area contributed by atoms with Crippen LogP contribution in [0, 0.1) is 0 Å². The third kappa shape index (κ3) is 7.74. The second-order valence-electron chi connectivity index (χ2n) is 9.31. The van der Waals surface area contributed by atoms with Crippen molar-refractivity contribution in [3.8, 4) is 17.2 Å². The standard InChI is InChI=1S/C35H31NO4/c37-35(36-23-27-12-4-1-5-13-27)33-18-10-11-19-34(33)40-26-30-20-31(38-24-28-14-6-2-7-15-28)22-32(21-30)39-25-29-16-8-3-9-17-29/h1-22H,23-26H2,(H,36,37). The number of rotatable bonds is 12. The van der Waals surface area contributed by atoms with E-state index in [2.05, 4.69) is 5.32 Å². The summed E-state index contributed by atoms with van der Waals surface area (Å²) in [4.78, 5) is 13.0. The molecule has 1 amide bonds. The first-order valence-corrected chi connectivity index (χ1v) is 13.2. The Kier molecular flexibility index (Phi) is 9.08. The van der Waals surface area contributed by atoms with Gasteiger partial charge in [0.2, 0.25) is 0 Å². The lowest BCUT2D eigenvalue weighted by atomic mass is 10.1. The van der Waals surface area contributed by atoms with E-state index in [-0.39, 0.29) is 12.5 Å². The van der Waals surface area contributed by atoms with Gasteiger partial charge in [0.1, 0.15) is 37.1 Å². The topological polar surface area (TPSA) is 56.8 Å². The fraction of sp³-hybridized carbons (Fsp3) is 0.114. The lowest BCUT2D eigenvalue weighted by Crippen LogP contribution is -2.23. The van der Waals surface area contributed by atoms with E-state index in [4.69, 9.17) is 14.2 Å². The van der Waals surface area contributed by atoms with Crippen molar-refractivity contribution >= 4 is 5.91 Å². The summed E-state index contributed by atoms with van der Waals surface area (Å²) in [6.45, 7) is 1.56. The Labute approximate surface area is 235 Å². The second-order valence-corrected chi connectivity index (χ2v) is 9.31. The minimum atomic E-state index is -0.189. The Morgan fingerprint density at radius 1 is 0.500 bits per heavy atom. The molecule has 0 spiro atoms. The number of nitrogens with one attached hydrogen (secondary N) is 1. The maximum atomic E-state index is 13.0. The Bertz CT molecular complexity index is 1440. The highest BCUT2D eigenvalue weighted by Gasteiger charge is 2.13. The molecule has 0 radical (unpaired) electrons. The maximum absolute atomic E-state index is 13.0. The minimum absolute atomic E-state index is 0.189. The minimum Gasteiger partial charge on any atom is -0.489 e. The smallest absolute Gasteiger partial charge is 0.255 e. The van der Waals surface area contributed by atoms with Crippen molar-refractivity contribution in [2.24, 2.45) is 0 Å². The second kappa shape index (κ2) is 13.7. The lowest BCUT2D eigenvalue weighted by Gasteiger charge is -2.15. The van der Waals surface area contributed by atoms with Crippen molar-refractivity contribution in [1.29, 1.82) is 0 Å². The molecule has 5 nitrogen and oxygen atoms in total. The summed E-state index contributed by atoms with van der Waals surface area (Å²) in [5.41, 5.74) is 4.53. The third-order valence-corrected chi connectivity index (χ3v) is 6.26. The molecular formula is C35H31NO4. The van der Waals surface area contributed by atoms with Crippen LogP contribution in [0.3, 0.4) is 0 Å². The van der Waals surface area contributed by atoms with Crippen molar-refractivity contribution < 1.29 is 19.0 Å². The average molecular weight is 530 g/mol. The average Bonchev–Trinajstić information content (AvgIpc) is 3.02. The highest BCUT2D eigenvalue weighted by molar-refractivity contribution is 5.96. The quantitative estimate of drug-likeness (QED) is 0.184. The van der Waals surface area contributed by atoms with Crippen molar-refractivity contribution in [2.45, 2.75) is 26.4 Å². The lowest BCUT2D eigenvalue weighted by molar-refractivity contribution is 0.0946. The molecule has 5 rings (SSSR count). The molecule has 0 heterocycles. The molecule has 0 saturated carbocycles. The first kappa shape index (κ1) is 26.6. The van der Waals surface area contributed by atoms with Gasteiger partial charge >= 0.3 is 0 Å². The number of carbonyl (C=O) groups is 1. The molecule has 1 N–H and O–H groups in total. The predicted octanol–water partition coefficient (Wildman–Crippen LogP) is 7.35. The van der Waals surface area contributed by atoms with Crippen LogP contribution in [0.15, 0.2) is 133 Å². The molecule has 40 heavy (non-hydrogen) atoms. The van der Waals surface area contributed by atoms with E-state index in [9.17, 15) is 4.79 Å². The van der Waals surface area contributed by atoms with Crippen LogP contribution in [-0.2, 0) is 26.4 Å². The molecule has 5 aromatic carbocycles. The Hall–Kier alpha value is -5.03. The summed E-state index contributed by atoms with van der Waals surface area (Å²) < 4.78 is 18.4. The summed E-state index contributed by atoms with van der Waals surface area (Å²) >= 11 is 0. The molecule has 0 unspecified atom stereocenters. The Balaban J connectivity index is 1.29. The van der Waals surface area contributed by atoms with Gasteiger partial charge in [-0.1, -0.05) is 103 Å². The number of benzene rings is 5. The van der Waals surface area contributed by atoms with Crippen LogP contribution in [0.1, 0.15) is 32.6 Å². The molecule has 200 valence electrons. The number of carbonyl (C=O) groups excluding carboxylic acids is 1. The maximum Gasteiger partial charge on any atom is 0.255 e. The van der Waals surface area contributed by atoms with E-state index >= 15 is 0 Å². The van der Waals surface area contributed by atoms with Gasteiger partial charge in [-0.2, -0.15) is 0 Å². The molecular weight excluding hydrogens is 498 g/mol. The van der Waals surface area contributed by atoms with Gasteiger partial charge in [0.05, 0.1) is 5.56 Å². The van der Waals surface area contributed by atoms with Crippen LogP contribution in [-0.4, -0.2) is 5.91 Å². The molecule has 0 aliphatic heterocycles. The molecule has 0 bridgehead atoms. The number of ether oxygens (including phenoxy) is 3.